The molecule has 2 aromatic rings. The van der Waals surface area contributed by atoms with Crippen LogP contribution in [0.4, 0.5) is 4.39 Å². The molecule has 2 aromatic carbocycles. The number of carbonyl (C=O) groups is 1. The molecule has 4 heteroatoms. The zero-order valence-corrected chi connectivity index (χ0v) is 15.3. The van der Waals surface area contributed by atoms with Crippen LogP contribution < -0.4 is 4.74 Å². The van der Waals surface area contributed by atoms with E-state index in [4.69, 9.17) is 9.84 Å². The average Bonchev–Trinajstić information content (AvgIpc) is 2.65. The summed E-state index contributed by atoms with van der Waals surface area (Å²) in [7, 11) is 0. The zero-order chi connectivity index (χ0) is 18.8. The topological polar surface area (TPSA) is 46.5 Å². The van der Waals surface area contributed by atoms with Crippen LogP contribution in [-0.2, 0) is 17.8 Å². The molecule has 0 saturated heterocycles. The van der Waals surface area contributed by atoms with E-state index in [1.54, 1.807) is 12.1 Å². The molecule has 0 amide bonds. The molecule has 0 saturated carbocycles. The SMILES string of the molecule is CCC(CCCCCc1ccc(OCc2ccc(F)cc2)cc1)C(=O)O. The fourth-order valence-electron chi connectivity index (χ4n) is 2.90. The molecule has 0 heterocycles. The number of rotatable bonds is 11. The predicted molar refractivity (Wildman–Crippen MR) is 101 cm³/mol. The zero-order valence-electron chi connectivity index (χ0n) is 15.3. The third-order valence-corrected chi connectivity index (χ3v) is 4.60. The largest absolute Gasteiger partial charge is 0.489 e. The summed E-state index contributed by atoms with van der Waals surface area (Å²) in [5.74, 6) is -0.326. The second kappa shape index (κ2) is 10.6. The molecule has 0 aromatic heterocycles. The van der Waals surface area contributed by atoms with E-state index in [2.05, 4.69) is 12.1 Å². The maximum absolute atomic E-state index is 12.9. The minimum Gasteiger partial charge on any atom is -0.489 e. The Morgan fingerprint density at radius 2 is 1.65 bits per heavy atom. The Hall–Kier alpha value is -2.36. The van der Waals surface area contributed by atoms with Crippen LogP contribution in [0.5, 0.6) is 5.75 Å². The number of benzene rings is 2. The second-order valence-corrected chi connectivity index (χ2v) is 6.60. The molecule has 0 fully saturated rings. The van der Waals surface area contributed by atoms with E-state index in [9.17, 15) is 9.18 Å². The highest BCUT2D eigenvalue weighted by molar-refractivity contribution is 5.69. The highest BCUT2D eigenvalue weighted by Crippen LogP contribution is 2.18. The molecule has 26 heavy (non-hydrogen) atoms. The van der Waals surface area contributed by atoms with Gasteiger partial charge in [-0.2, -0.15) is 0 Å². The lowest BCUT2D eigenvalue weighted by molar-refractivity contribution is -0.142. The van der Waals surface area contributed by atoms with Gasteiger partial charge in [-0.1, -0.05) is 44.0 Å². The fourth-order valence-corrected chi connectivity index (χ4v) is 2.90. The Labute approximate surface area is 154 Å². The van der Waals surface area contributed by atoms with Crippen LogP contribution in [0.25, 0.3) is 0 Å². The summed E-state index contributed by atoms with van der Waals surface area (Å²) in [6.07, 6.45) is 5.53. The lowest BCUT2D eigenvalue weighted by atomic mass is 9.98. The highest BCUT2D eigenvalue weighted by atomic mass is 19.1. The Kier molecular flexibility index (Phi) is 8.13. The number of aliphatic carboxylic acids is 1. The van der Waals surface area contributed by atoms with Crippen LogP contribution in [0.15, 0.2) is 48.5 Å². The lowest BCUT2D eigenvalue weighted by Crippen LogP contribution is -2.12. The van der Waals surface area contributed by atoms with Gasteiger partial charge < -0.3 is 9.84 Å². The first-order valence-corrected chi connectivity index (χ1v) is 9.27. The molecule has 0 spiro atoms. The summed E-state index contributed by atoms with van der Waals surface area (Å²) in [5.41, 5.74) is 2.19. The van der Waals surface area contributed by atoms with E-state index >= 15 is 0 Å². The summed E-state index contributed by atoms with van der Waals surface area (Å²) in [5, 5.41) is 9.03. The van der Waals surface area contributed by atoms with E-state index in [-0.39, 0.29) is 11.7 Å². The van der Waals surface area contributed by atoms with Crippen molar-refractivity contribution in [2.24, 2.45) is 5.92 Å². The average molecular weight is 358 g/mol. The Balaban J connectivity index is 1.67. The highest BCUT2D eigenvalue weighted by Gasteiger charge is 2.13. The molecule has 1 N–H and O–H groups in total. The van der Waals surface area contributed by atoms with Crippen molar-refractivity contribution in [3.8, 4) is 5.75 Å². The summed E-state index contributed by atoms with van der Waals surface area (Å²) in [6.45, 7) is 2.35. The summed E-state index contributed by atoms with van der Waals surface area (Å²) < 4.78 is 18.6. The van der Waals surface area contributed by atoms with Crippen LogP contribution in [-0.4, -0.2) is 11.1 Å². The van der Waals surface area contributed by atoms with Gasteiger partial charge in [-0.05, 0) is 61.1 Å². The molecule has 2 rings (SSSR count). The second-order valence-electron chi connectivity index (χ2n) is 6.60. The molecular weight excluding hydrogens is 331 g/mol. The van der Waals surface area contributed by atoms with E-state index in [1.165, 1.54) is 17.7 Å². The van der Waals surface area contributed by atoms with Crippen molar-refractivity contribution in [1.29, 1.82) is 0 Å². The van der Waals surface area contributed by atoms with Crippen molar-refractivity contribution in [3.63, 3.8) is 0 Å². The van der Waals surface area contributed by atoms with Gasteiger partial charge >= 0.3 is 5.97 Å². The van der Waals surface area contributed by atoms with Crippen molar-refractivity contribution in [3.05, 3.63) is 65.5 Å². The Bertz CT molecular complexity index is 665. The first-order chi connectivity index (χ1) is 12.6. The van der Waals surface area contributed by atoms with Crippen LogP contribution in [0.3, 0.4) is 0 Å². The first-order valence-electron chi connectivity index (χ1n) is 9.27. The number of carboxylic acids is 1. The van der Waals surface area contributed by atoms with E-state index in [0.29, 0.717) is 13.0 Å². The quantitative estimate of drug-likeness (QED) is 0.530. The van der Waals surface area contributed by atoms with Gasteiger partial charge in [0.1, 0.15) is 18.2 Å². The molecule has 0 aliphatic rings. The molecule has 0 aliphatic carbocycles. The molecular formula is C22H27FO3. The van der Waals surface area contributed by atoms with E-state index in [1.807, 2.05) is 19.1 Å². The predicted octanol–water partition coefficient (Wildman–Crippen LogP) is 5.62. The Morgan fingerprint density at radius 3 is 2.27 bits per heavy atom. The standard InChI is InChI=1S/C22H27FO3/c1-2-19(22(24)25)7-5-3-4-6-17-10-14-21(15-11-17)26-16-18-8-12-20(23)13-9-18/h8-15,19H,2-7,16H2,1H3,(H,24,25). The van der Waals surface area contributed by atoms with Gasteiger partial charge in [-0.15, -0.1) is 0 Å². The molecule has 0 bridgehead atoms. The summed E-state index contributed by atoms with van der Waals surface area (Å²) in [4.78, 5) is 11.0. The third kappa shape index (κ3) is 6.87. The Morgan fingerprint density at radius 1 is 1.00 bits per heavy atom. The van der Waals surface area contributed by atoms with Gasteiger partial charge in [0.15, 0.2) is 0 Å². The molecule has 1 unspecified atom stereocenters. The van der Waals surface area contributed by atoms with Crippen molar-refractivity contribution >= 4 is 5.97 Å². The molecule has 140 valence electrons. The molecule has 3 nitrogen and oxygen atoms in total. The lowest BCUT2D eigenvalue weighted by Gasteiger charge is -2.09. The summed E-state index contributed by atoms with van der Waals surface area (Å²) >= 11 is 0. The smallest absolute Gasteiger partial charge is 0.306 e. The number of aryl methyl sites for hydroxylation is 1. The molecule has 0 radical (unpaired) electrons. The van der Waals surface area contributed by atoms with Gasteiger partial charge in [0.05, 0.1) is 5.92 Å². The number of carboxylic acid groups (broad SMARTS) is 1. The number of unbranched alkanes of at least 4 members (excludes halogenated alkanes) is 2. The molecule has 1 atom stereocenters. The number of ether oxygens (including phenoxy) is 1. The fraction of sp³-hybridized carbons (Fsp3) is 0.409. The van der Waals surface area contributed by atoms with Gasteiger partial charge in [-0.3, -0.25) is 4.79 Å². The van der Waals surface area contributed by atoms with Crippen LogP contribution in [0.2, 0.25) is 0 Å². The van der Waals surface area contributed by atoms with Crippen molar-refractivity contribution in [1.82, 2.24) is 0 Å². The van der Waals surface area contributed by atoms with Crippen molar-refractivity contribution in [2.75, 3.05) is 0 Å². The molecule has 0 aliphatic heterocycles. The van der Waals surface area contributed by atoms with Crippen LogP contribution in [0, 0.1) is 11.7 Å². The number of hydrogen-bond donors (Lipinski definition) is 1. The van der Waals surface area contributed by atoms with Gasteiger partial charge in [0.2, 0.25) is 0 Å². The first kappa shape index (κ1) is 20.0. The maximum atomic E-state index is 12.9. The van der Waals surface area contributed by atoms with E-state index in [0.717, 1.165) is 43.4 Å². The summed E-state index contributed by atoms with van der Waals surface area (Å²) in [6, 6.07) is 14.3. The monoisotopic (exact) mass is 358 g/mol. The third-order valence-electron chi connectivity index (χ3n) is 4.60. The number of halogens is 1. The van der Waals surface area contributed by atoms with Crippen molar-refractivity contribution in [2.45, 2.75) is 52.1 Å². The normalized spacial score (nSPS) is 11.9. The maximum Gasteiger partial charge on any atom is 0.306 e. The van der Waals surface area contributed by atoms with Crippen LogP contribution >= 0.6 is 0 Å². The van der Waals surface area contributed by atoms with Gasteiger partial charge in [-0.25, -0.2) is 4.39 Å². The minimum atomic E-state index is -0.677. The van der Waals surface area contributed by atoms with Gasteiger partial charge in [0.25, 0.3) is 0 Å². The van der Waals surface area contributed by atoms with Crippen LogP contribution in [0.1, 0.15) is 50.2 Å². The minimum absolute atomic E-state index is 0.201. The van der Waals surface area contributed by atoms with Gasteiger partial charge in [0, 0.05) is 0 Å². The number of hydrogen-bond acceptors (Lipinski definition) is 2. The van der Waals surface area contributed by atoms with E-state index < -0.39 is 5.97 Å². The van der Waals surface area contributed by atoms with Crippen molar-refractivity contribution < 1.29 is 19.0 Å².